The van der Waals surface area contributed by atoms with E-state index in [1.807, 2.05) is 35.5 Å². The fourth-order valence-electron chi connectivity index (χ4n) is 4.64. The van der Waals surface area contributed by atoms with Crippen LogP contribution in [0.4, 0.5) is 23.5 Å². The van der Waals surface area contributed by atoms with Gasteiger partial charge in [-0.05, 0) is 24.1 Å². The van der Waals surface area contributed by atoms with Crippen LogP contribution >= 0.6 is 0 Å². The lowest BCUT2D eigenvalue weighted by Gasteiger charge is -2.34. The molecule has 2 aliphatic heterocycles. The van der Waals surface area contributed by atoms with Crippen molar-refractivity contribution >= 4 is 23.5 Å². The average molecular weight is 484 g/mol. The molecule has 2 N–H and O–H groups in total. The highest BCUT2D eigenvalue weighted by Crippen LogP contribution is 2.20. The van der Waals surface area contributed by atoms with E-state index in [2.05, 4.69) is 74.7 Å². The SMILES string of the molecule is c1ccc(Cc2cnc(N3CCN(c4ncnc(Nc5cnn(C6CCNC6)c5)n4)CC3)nc2)cc1. The van der Waals surface area contributed by atoms with Crippen molar-refractivity contribution < 1.29 is 0 Å². The molecule has 5 heterocycles. The summed E-state index contributed by atoms with van der Waals surface area (Å²) in [5.41, 5.74) is 3.24. The Hall–Kier alpha value is -4.12. The summed E-state index contributed by atoms with van der Waals surface area (Å²) in [7, 11) is 0. The summed E-state index contributed by atoms with van der Waals surface area (Å²) in [5.74, 6) is 1.95. The Kier molecular flexibility index (Phi) is 6.36. The maximum Gasteiger partial charge on any atom is 0.232 e. The molecule has 36 heavy (non-hydrogen) atoms. The lowest BCUT2D eigenvalue weighted by molar-refractivity contribution is 0.491. The van der Waals surface area contributed by atoms with Crippen molar-refractivity contribution in [1.82, 2.24) is 40.0 Å². The first-order valence-corrected chi connectivity index (χ1v) is 12.4. The zero-order valence-electron chi connectivity index (χ0n) is 20.0. The molecule has 0 aliphatic carbocycles. The number of rotatable bonds is 7. The van der Waals surface area contributed by atoms with Crippen LogP contribution in [0.1, 0.15) is 23.6 Å². The van der Waals surface area contributed by atoms with Gasteiger partial charge in [0.25, 0.3) is 0 Å². The zero-order chi connectivity index (χ0) is 24.2. The normalized spacial score (nSPS) is 17.9. The van der Waals surface area contributed by atoms with Crippen LogP contribution in [-0.4, -0.2) is 74.0 Å². The van der Waals surface area contributed by atoms with E-state index in [-0.39, 0.29) is 0 Å². The van der Waals surface area contributed by atoms with Crippen LogP contribution in [0.5, 0.6) is 0 Å². The van der Waals surface area contributed by atoms with Crippen LogP contribution in [0.2, 0.25) is 0 Å². The molecular formula is C25H29N11. The molecule has 1 atom stereocenters. The van der Waals surface area contributed by atoms with Crippen molar-refractivity contribution in [2.45, 2.75) is 18.9 Å². The van der Waals surface area contributed by atoms with E-state index < -0.39 is 0 Å². The maximum absolute atomic E-state index is 4.64. The smallest absolute Gasteiger partial charge is 0.232 e. The highest BCUT2D eigenvalue weighted by Gasteiger charge is 2.22. The third-order valence-electron chi connectivity index (χ3n) is 6.61. The van der Waals surface area contributed by atoms with Crippen molar-refractivity contribution in [3.8, 4) is 0 Å². The topological polar surface area (TPSA) is 113 Å². The van der Waals surface area contributed by atoms with Crippen molar-refractivity contribution in [2.75, 3.05) is 54.4 Å². The number of piperazine rings is 1. The predicted octanol–water partition coefficient (Wildman–Crippen LogP) is 2.05. The van der Waals surface area contributed by atoms with Gasteiger partial charge in [0.05, 0.1) is 17.9 Å². The van der Waals surface area contributed by atoms with E-state index >= 15 is 0 Å². The number of nitrogens with one attached hydrogen (secondary N) is 2. The Morgan fingerprint density at radius 1 is 0.861 bits per heavy atom. The number of aromatic nitrogens is 7. The maximum atomic E-state index is 4.64. The monoisotopic (exact) mass is 483 g/mol. The lowest BCUT2D eigenvalue weighted by Crippen LogP contribution is -2.47. The second-order valence-electron chi connectivity index (χ2n) is 9.12. The van der Waals surface area contributed by atoms with Gasteiger partial charge in [-0.1, -0.05) is 30.3 Å². The second-order valence-corrected chi connectivity index (χ2v) is 9.12. The van der Waals surface area contributed by atoms with Gasteiger partial charge >= 0.3 is 0 Å². The summed E-state index contributed by atoms with van der Waals surface area (Å²) in [4.78, 5) is 27.0. The molecular weight excluding hydrogens is 454 g/mol. The molecule has 1 aromatic carbocycles. The number of hydrogen-bond donors (Lipinski definition) is 2. The third-order valence-corrected chi connectivity index (χ3v) is 6.61. The zero-order valence-corrected chi connectivity index (χ0v) is 20.0. The summed E-state index contributed by atoms with van der Waals surface area (Å²) in [6.45, 7) is 5.15. The molecule has 0 saturated carbocycles. The van der Waals surface area contributed by atoms with Crippen molar-refractivity contribution in [2.24, 2.45) is 0 Å². The summed E-state index contributed by atoms with van der Waals surface area (Å²) in [6, 6.07) is 10.8. The lowest BCUT2D eigenvalue weighted by atomic mass is 10.1. The Morgan fingerprint density at radius 2 is 1.64 bits per heavy atom. The first-order valence-electron chi connectivity index (χ1n) is 12.4. The minimum atomic E-state index is 0.398. The standard InChI is InChI=1S/C25H29N11/c1-2-4-19(5-3-1)12-20-13-27-24(28-14-20)34-8-10-35(11-9-34)25-30-18-29-23(33-25)32-21-15-31-36(17-21)22-6-7-26-16-22/h1-5,13-15,17-18,22,26H,6-12,16H2,(H,29,30,32,33). The van der Waals surface area contributed by atoms with Crippen molar-refractivity contribution in [3.05, 3.63) is 72.6 Å². The van der Waals surface area contributed by atoms with E-state index in [1.54, 1.807) is 6.33 Å². The van der Waals surface area contributed by atoms with Crippen LogP contribution in [0, 0.1) is 0 Å². The largest absolute Gasteiger partial charge is 0.337 e. The number of nitrogens with zero attached hydrogens (tertiary/aromatic N) is 9. The molecule has 4 aromatic rings. The van der Waals surface area contributed by atoms with Crippen LogP contribution in [0.25, 0.3) is 0 Å². The Balaban J connectivity index is 1.04. The van der Waals surface area contributed by atoms with E-state index in [9.17, 15) is 0 Å². The summed E-state index contributed by atoms with van der Waals surface area (Å²) < 4.78 is 2.00. The first-order chi connectivity index (χ1) is 17.8. The van der Waals surface area contributed by atoms with Gasteiger partial charge < -0.3 is 20.4 Å². The molecule has 6 rings (SSSR count). The van der Waals surface area contributed by atoms with Crippen LogP contribution in [0.15, 0.2) is 61.4 Å². The second kappa shape index (κ2) is 10.2. The Bertz CT molecular complexity index is 1260. The third kappa shape index (κ3) is 5.10. The highest BCUT2D eigenvalue weighted by atomic mass is 15.4. The minimum Gasteiger partial charge on any atom is -0.337 e. The quantitative estimate of drug-likeness (QED) is 0.405. The fourth-order valence-corrected chi connectivity index (χ4v) is 4.64. The van der Waals surface area contributed by atoms with Crippen LogP contribution < -0.4 is 20.4 Å². The van der Waals surface area contributed by atoms with E-state index in [4.69, 9.17) is 0 Å². The van der Waals surface area contributed by atoms with Gasteiger partial charge in [-0.2, -0.15) is 10.1 Å². The highest BCUT2D eigenvalue weighted by molar-refractivity contribution is 5.52. The molecule has 11 heteroatoms. The predicted molar refractivity (Wildman–Crippen MR) is 138 cm³/mol. The number of benzene rings is 1. The molecule has 2 aliphatic rings. The van der Waals surface area contributed by atoms with Gasteiger partial charge in [-0.25, -0.2) is 19.9 Å². The van der Waals surface area contributed by atoms with Gasteiger partial charge in [0.2, 0.25) is 17.8 Å². The summed E-state index contributed by atoms with van der Waals surface area (Å²) in [6.07, 6.45) is 11.1. The molecule has 2 fully saturated rings. The number of hydrogen-bond acceptors (Lipinski definition) is 10. The molecule has 0 radical (unpaired) electrons. The summed E-state index contributed by atoms with van der Waals surface area (Å²) in [5, 5.41) is 11.1. The molecule has 184 valence electrons. The molecule has 1 unspecified atom stereocenters. The van der Waals surface area contributed by atoms with Crippen LogP contribution in [-0.2, 0) is 6.42 Å². The van der Waals surface area contributed by atoms with Gasteiger partial charge in [-0.3, -0.25) is 4.68 Å². The van der Waals surface area contributed by atoms with Crippen molar-refractivity contribution in [3.63, 3.8) is 0 Å². The first kappa shape index (κ1) is 22.4. The van der Waals surface area contributed by atoms with E-state index in [0.29, 0.717) is 17.9 Å². The Morgan fingerprint density at radius 3 is 2.39 bits per heavy atom. The van der Waals surface area contributed by atoms with E-state index in [0.717, 1.165) is 69.3 Å². The average Bonchev–Trinajstić information content (AvgIpc) is 3.63. The molecule has 11 nitrogen and oxygen atoms in total. The Labute approximate surface area is 209 Å². The van der Waals surface area contributed by atoms with Gasteiger partial charge in [-0.15, -0.1) is 0 Å². The molecule has 0 amide bonds. The molecule has 3 aromatic heterocycles. The molecule has 2 saturated heterocycles. The van der Waals surface area contributed by atoms with Gasteiger partial charge in [0, 0.05) is 57.7 Å². The summed E-state index contributed by atoms with van der Waals surface area (Å²) >= 11 is 0. The van der Waals surface area contributed by atoms with Crippen molar-refractivity contribution in [1.29, 1.82) is 0 Å². The fraction of sp³-hybridized carbons (Fsp3) is 0.360. The molecule has 0 spiro atoms. The van der Waals surface area contributed by atoms with Gasteiger partial charge in [0.15, 0.2) is 0 Å². The number of anilines is 4. The van der Waals surface area contributed by atoms with E-state index in [1.165, 1.54) is 5.56 Å². The molecule has 0 bridgehead atoms. The van der Waals surface area contributed by atoms with Gasteiger partial charge in [0.1, 0.15) is 6.33 Å². The van der Waals surface area contributed by atoms with Crippen LogP contribution in [0.3, 0.4) is 0 Å². The minimum absolute atomic E-state index is 0.398.